The van der Waals surface area contributed by atoms with Crippen molar-refractivity contribution in [1.29, 1.82) is 0 Å². The van der Waals surface area contributed by atoms with E-state index in [2.05, 4.69) is 4.72 Å². The average Bonchev–Trinajstić information content (AvgIpc) is 2.35. The van der Waals surface area contributed by atoms with Gasteiger partial charge < -0.3 is 9.84 Å². The summed E-state index contributed by atoms with van der Waals surface area (Å²) in [6, 6.07) is 3.29. The number of aliphatic hydroxyl groups excluding tert-OH is 1. The topological polar surface area (TPSA) is 119 Å². The summed E-state index contributed by atoms with van der Waals surface area (Å²) in [5.41, 5.74) is -0.440. The molecule has 0 radical (unpaired) electrons. The number of nitro groups is 1. The minimum Gasteiger partial charge on any atom is -0.490 e. The Morgan fingerprint density at radius 2 is 2.17 bits per heavy atom. The lowest BCUT2D eigenvalue weighted by Gasteiger charge is -2.07. The van der Waals surface area contributed by atoms with E-state index in [-0.39, 0.29) is 23.8 Å². The Balaban J connectivity index is 3.20. The summed E-state index contributed by atoms with van der Waals surface area (Å²) in [6.45, 7) is -0.528. The smallest absolute Gasteiger partial charge is 0.312 e. The highest BCUT2D eigenvalue weighted by Crippen LogP contribution is 2.29. The van der Waals surface area contributed by atoms with Crippen molar-refractivity contribution in [2.45, 2.75) is 4.90 Å². The molecule has 0 spiro atoms. The normalized spacial score (nSPS) is 11.2. The molecule has 100 valence electrons. The number of sulfonamides is 1. The van der Waals surface area contributed by atoms with Crippen LogP contribution in [0.15, 0.2) is 23.1 Å². The molecule has 1 aromatic carbocycles. The van der Waals surface area contributed by atoms with Gasteiger partial charge in [0.1, 0.15) is 0 Å². The lowest BCUT2D eigenvalue weighted by atomic mass is 10.3. The number of hydrogen-bond acceptors (Lipinski definition) is 6. The molecule has 0 aliphatic carbocycles. The second-order valence-electron chi connectivity index (χ2n) is 3.21. The fourth-order valence-corrected chi connectivity index (χ4v) is 2.28. The van der Waals surface area contributed by atoms with E-state index in [1.807, 2.05) is 0 Å². The number of rotatable bonds is 6. The molecule has 0 amide bonds. The Morgan fingerprint density at radius 1 is 1.50 bits per heavy atom. The van der Waals surface area contributed by atoms with Crippen LogP contribution in [0.5, 0.6) is 5.75 Å². The van der Waals surface area contributed by atoms with Gasteiger partial charge in [0.2, 0.25) is 10.0 Å². The predicted molar refractivity (Wildman–Crippen MR) is 61.9 cm³/mol. The lowest BCUT2D eigenvalue weighted by molar-refractivity contribution is -0.386. The highest BCUT2D eigenvalue weighted by atomic mass is 32.2. The third-order valence-corrected chi connectivity index (χ3v) is 3.52. The van der Waals surface area contributed by atoms with Gasteiger partial charge in [0.25, 0.3) is 0 Å². The number of ether oxygens (including phenoxy) is 1. The Bertz CT molecular complexity index is 542. The maximum atomic E-state index is 11.7. The number of nitrogens with one attached hydrogen (secondary N) is 1. The zero-order chi connectivity index (χ0) is 13.8. The molecule has 8 nitrogen and oxygen atoms in total. The molecule has 1 rings (SSSR count). The van der Waals surface area contributed by atoms with Crippen LogP contribution in [-0.2, 0) is 10.0 Å². The van der Waals surface area contributed by atoms with Crippen LogP contribution in [0.4, 0.5) is 5.69 Å². The van der Waals surface area contributed by atoms with Gasteiger partial charge in [-0.15, -0.1) is 0 Å². The Kier molecular flexibility index (Phi) is 4.59. The molecule has 1 aromatic rings. The van der Waals surface area contributed by atoms with Crippen molar-refractivity contribution in [1.82, 2.24) is 4.72 Å². The molecule has 0 aliphatic heterocycles. The summed E-state index contributed by atoms with van der Waals surface area (Å²) in [6.07, 6.45) is 0. The highest BCUT2D eigenvalue weighted by Gasteiger charge is 2.21. The first-order chi connectivity index (χ1) is 8.42. The van der Waals surface area contributed by atoms with Crippen LogP contribution in [0.2, 0.25) is 0 Å². The van der Waals surface area contributed by atoms with E-state index in [0.29, 0.717) is 0 Å². The molecular formula is C9H12N2O6S. The summed E-state index contributed by atoms with van der Waals surface area (Å²) in [7, 11) is -2.62. The van der Waals surface area contributed by atoms with Crippen molar-refractivity contribution in [2.24, 2.45) is 0 Å². The van der Waals surface area contributed by atoms with Crippen LogP contribution in [0, 0.1) is 10.1 Å². The summed E-state index contributed by atoms with van der Waals surface area (Å²) in [4.78, 5) is 9.75. The van der Waals surface area contributed by atoms with Gasteiger partial charge in [-0.25, -0.2) is 13.1 Å². The molecule has 0 atom stereocenters. The molecule has 0 unspecified atom stereocenters. The molecule has 0 heterocycles. The van der Waals surface area contributed by atoms with Crippen LogP contribution in [0.1, 0.15) is 0 Å². The van der Waals surface area contributed by atoms with Crippen LogP contribution in [0.25, 0.3) is 0 Å². The van der Waals surface area contributed by atoms with Crippen molar-refractivity contribution in [3.05, 3.63) is 28.3 Å². The van der Waals surface area contributed by atoms with Crippen molar-refractivity contribution < 1.29 is 23.2 Å². The molecule has 0 bridgehead atoms. The number of aliphatic hydroxyl groups is 1. The van der Waals surface area contributed by atoms with Gasteiger partial charge in [-0.05, 0) is 12.1 Å². The third-order valence-electron chi connectivity index (χ3n) is 2.06. The molecular weight excluding hydrogens is 264 g/mol. The van der Waals surface area contributed by atoms with Crippen LogP contribution < -0.4 is 9.46 Å². The van der Waals surface area contributed by atoms with E-state index in [0.717, 1.165) is 6.07 Å². The number of methoxy groups -OCH3 is 1. The number of nitro benzene ring substituents is 1. The van der Waals surface area contributed by atoms with E-state index in [1.165, 1.54) is 19.2 Å². The molecule has 0 saturated heterocycles. The molecule has 0 fully saturated rings. The largest absolute Gasteiger partial charge is 0.490 e. The second-order valence-corrected chi connectivity index (χ2v) is 4.98. The number of benzene rings is 1. The quantitative estimate of drug-likeness (QED) is 0.552. The molecule has 0 saturated carbocycles. The maximum absolute atomic E-state index is 11.7. The zero-order valence-electron chi connectivity index (χ0n) is 9.49. The minimum absolute atomic E-state index is 0.0268. The molecule has 9 heteroatoms. The predicted octanol–water partition coefficient (Wildman–Crippen LogP) is -0.126. The van der Waals surface area contributed by atoms with E-state index >= 15 is 0 Å². The number of hydrogen-bond donors (Lipinski definition) is 2. The Hall–Kier alpha value is -1.71. The second kappa shape index (κ2) is 5.76. The van der Waals surface area contributed by atoms with Crippen molar-refractivity contribution in [2.75, 3.05) is 20.3 Å². The zero-order valence-corrected chi connectivity index (χ0v) is 10.3. The first-order valence-electron chi connectivity index (χ1n) is 4.85. The highest BCUT2D eigenvalue weighted by molar-refractivity contribution is 7.89. The van der Waals surface area contributed by atoms with Crippen LogP contribution >= 0.6 is 0 Å². The first kappa shape index (κ1) is 14.4. The fraction of sp³-hybridized carbons (Fsp3) is 0.333. The van der Waals surface area contributed by atoms with Crippen molar-refractivity contribution in [3.8, 4) is 5.75 Å². The number of nitrogens with zero attached hydrogens (tertiary/aromatic N) is 1. The van der Waals surface area contributed by atoms with E-state index < -0.39 is 20.6 Å². The standard InChI is InChI=1S/C9H12N2O6S/c1-17-9-3-2-7(6-8(9)11(13)14)18(15,16)10-4-5-12/h2-3,6,10,12H,4-5H2,1H3. The van der Waals surface area contributed by atoms with Gasteiger partial charge in [0.15, 0.2) is 5.75 Å². The van der Waals surface area contributed by atoms with Crippen LogP contribution in [-0.4, -0.2) is 38.7 Å². The fourth-order valence-electron chi connectivity index (χ4n) is 1.24. The van der Waals surface area contributed by atoms with Gasteiger partial charge in [-0.2, -0.15) is 0 Å². The lowest BCUT2D eigenvalue weighted by Crippen LogP contribution is -2.26. The summed E-state index contributed by atoms with van der Waals surface area (Å²) < 4.78 is 30.2. The SMILES string of the molecule is COc1ccc(S(=O)(=O)NCCO)cc1[N+](=O)[O-]. The minimum atomic E-state index is -3.87. The Labute approximate surface area is 103 Å². The monoisotopic (exact) mass is 276 g/mol. The van der Waals surface area contributed by atoms with Crippen molar-refractivity contribution in [3.63, 3.8) is 0 Å². The van der Waals surface area contributed by atoms with E-state index in [9.17, 15) is 18.5 Å². The van der Waals surface area contributed by atoms with E-state index in [1.54, 1.807) is 0 Å². The van der Waals surface area contributed by atoms with Crippen molar-refractivity contribution >= 4 is 15.7 Å². The summed E-state index contributed by atoms with van der Waals surface area (Å²) in [5, 5.41) is 19.3. The van der Waals surface area contributed by atoms with Gasteiger partial charge in [-0.1, -0.05) is 0 Å². The summed E-state index contributed by atoms with van der Waals surface area (Å²) >= 11 is 0. The molecule has 18 heavy (non-hydrogen) atoms. The Morgan fingerprint density at radius 3 is 2.67 bits per heavy atom. The molecule has 0 aliphatic rings. The third kappa shape index (κ3) is 3.15. The molecule has 0 aromatic heterocycles. The van der Waals surface area contributed by atoms with Gasteiger partial charge in [0, 0.05) is 12.6 Å². The van der Waals surface area contributed by atoms with Gasteiger partial charge in [-0.3, -0.25) is 10.1 Å². The van der Waals surface area contributed by atoms with E-state index in [4.69, 9.17) is 9.84 Å². The molecule has 2 N–H and O–H groups in total. The van der Waals surface area contributed by atoms with Gasteiger partial charge >= 0.3 is 5.69 Å². The average molecular weight is 276 g/mol. The first-order valence-corrected chi connectivity index (χ1v) is 6.33. The van der Waals surface area contributed by atoms with Crippen LogP contribution in [0.3, 0.4) is 0 Å². The van der Waals surface area contributed by atoms with Gasteiger partial charge in [0.05, 0.1) is 23.5 Å². The maximum Gasteiger partial charge on any atom is 0.312 e. The summed E-state index contributed by atoms with van der Waals surface area (Å²) in [5.74, 6) is -0.0268.